The van der Waals surface area contributed by atoms with Crippen molar-refractivity contribution in [3.8, 4) is 0 Å². The van der Waals surface area contributed by atoms with Gasteiger partial charge in [-0.3, -0.25) is 19.2 Å². The minimum Gasteiger partial charge on any atom is -0.481 e. The van der Waals surface area contributed by atoms with E-state index in [9.17, 15) is 29.4 Å². The monoisotopic (exact) mass is 432 g/mol. The van der Waals surface area contributed by atoms with Gasteiger partial charge < -0.3 is 39.4 Å². The van der Waals surface area contributed by atoms with Crippen LogP contribution in [0.1, 0.15) is 26.7 Å². The van der Waals surface area contributed by atoms with Crippen molar-refractivity contribution >= 4 is 23.9 Å². The number of ether oxygens (including phenoxy) is 4. The Bertz CT molecular complexity index is 718. The molecule has 0 radical (unpaired) electrons. The van der Waals surface area contributed by atoms with Crippen LogP contribution in [0.2, 0.25) is 0 Å². The van der Waals surface area contributed by atoms with Gasteiger partial charge in [0.25, 0.3) is 0 Å². The van der Waals surface area contributed by atoms with Crippen LogP contribution in [0, 0.1) is 11.8 Å². The number of aliphatic hydroxyl groups is 2. The van der Waals surface area contributed by atoms with Crippen LogP contribution in [-0.4, -0.2) is 93.1 Å². The Balaban J connectivity index is 0.000000171. The van der Waals surface area contributed by atoms with Crippen LogP contribution in [0.15, 0.2) is 0 Å². The average molecular weight is 432 g/mol. The van der Waals surface area contributed by atoms with Gasteiger partial charge in [-0.15, -0.1) is 0 Å². The largest absolute Gasteiger partial charge is 0.481 e. The first-order valence-corrected chi connectivity index (χ1v) is 9.48. The second-order valence-corrected chi connectivity index (χ2v) is 7.77. The lowest BCUT2D eigenvalue weighted by molar-refractivity contribution is -0.160. The lowest BCUT2D eigenvalue weighted by Gasteiger charge is -2.26. The number of aliphatic carboxylic acids is 2. The topological polar surface area (TPSA) is 186 Å². The van der Waals surface area contributed by atoms with Gasteiger partial charge in [0.2, 0.25) is 0 Å². The Kier molecular flexibility index (Phi) is 6.32. The number of rotatable bonds is 4. The van der Waals surface area contributed by atoms with Crippen molar-refractivity contribution in [2.75, 3.05) is 0 Å². The van der Waals surface area contributed by atoms with Crippen molar-refractivity contribution in [1.29, 1.82) is 0 Å². The molecule has 12 nitrogen and oxygen atoms in total. The molecule has 30 heavy (non-hydrogen) atoms. The number of carboxylic acids is 2. The zero-order valence-electron chi connectivity index (χ0n) is 16.2. The summed E-state index contributed by atoms with van der Waals surface area (Å²) in [6, 6.07) is 0. The molecule has 0 spiro atoms. The summed E-state index contributed by atoms with van der Waals surface area (Å²) in [7, 11) is 0. The summed E-state index contributed by atoms with van der Waals surface area (Å²) in [6.07, 6.45) is -5.43. The standard InChI is InChI=1S/2C9H12O6/c1-3(10)14-8-5-2-4(9(12)13)7(15-5)6(8)11;1-3(10)14-8-6(11)5-2-4(9(12)13)7(8)15-5/h2*4-8,11H,2H2,1H3,(H,12,13)/t4?,5?,6-,7+,8?;4?,5?,6?,7-,8-/m10/s1. The van der Waals surface area contributed by atoms with Gasteiger partial charge in [0.05, 0.1) is 24.0 Å². The highest BCUT2D eigenvalue weighted by molar-refractivity contribution is 5.72. The molecule has 4 rings (SSSR count). The van der Waals surface area contributed by atoms with E-state index in [2.05, 4.69) is 0 Å². The molecule has 0 aliphatic carbocycles. The molecule has 0 aromatic heterocycles. The van der Waals surface area contributed by atoms with Gasteiger partial charge in [-0.1, -0.05) is 0 Å². The van der Waals surface area contributed by atoms with Gasteiger partial charge in [-0.25, -0.2) is 0 Å². The lowest BCUT2D eigenvalue weighted by Crippen LogP contribution is -2.46. The second kappa shape index (κ2) is 8.46. The van der Waals surface area contributed by atoms with Crippen LogP contribution in [0.25, 0.3) is 0 Å². The highest BCUT2D eigenvalue weighted by Crippen LogP contribution is 2.41. The maximum Gasteiger partial charge on any atom is 0.309 e. The number of carbonyl (C=O) groups is 4. The molecule has 6 unspecified atom stereocenters. The highest BCUT2D eigenvalue weighted by Gasteiger charge is 2.58. The van der Waals surface area contributed by atoms with Crippen molar-refractivity contribution in [2.45, 2.75) is 75.5 Å². The molecule has 10 atom stereocenters. The van der Waals surface area contributed by atoms with E-state index in [0.29, 0.717) is 0 Å². The molecule has 4 fully saturated rings. The number of hydrogen-bond donors (Lipinski definition) is 4. The smallest absolute Gasteiger partial charge is 0.309 e. The first-order chi connectivity index (χ1) is 14.0. The Morgan fingerprint density at radius 1 is 0.733 bits per heavy atom. The zero-order chi connectivity index (χ0) is 22.3. The van der Waals surface area contributed by atoms with Gasteiger partial charge in [-0.05, 0) is 12.8 Å². The van der Waals surface area contributed by atoms with E-state index in [1.165, 1.54) is 13.8 Å². The van der Waals surface area contributed by atoms with Crippen molar-refractivity contribution < 1.29 is 58.6 Å². The third-order valence-corrected chi connectivity index (χ3v) is 5.75. The van der Waals surface area contributed by atoms with Crippen LogP contribution in [-0.2, 0) is 38.1 Å². The van der Waals surface area contributed by atoms with E-state index in [0.717, 1.165) is 0 Å². The molecule has 0 aromatic rings. The maximum absolute atomic E-state index is 10.8. The molecule has 0 aromatic carbocycles. The minimum absolute atomic E-state index is 0.277. The Morgan fingerprint density at radius 2 is 1.20 bits per heavy atom. The summed E-state index contributed by atoms with van der Waals surface area (Å²) in [5, 5.41) is 37.0. The number of aliphatic hydroxyl groups excluding tert-OH is 2. The second-order valence-electron chi connectivity index (χ2n) is 7.77. The molecule has 168 valence electrons. The molecule has 4 heterocycles. The number of fused-ring (bicyclic) bond motifs is 4. The molecule has 0 amide bonds. The Morgan fingerprint density at radius 3 is 1.67 bits per heavy atom. The Labute approximate surface area is 170 Å². The zero-order valence-corrected chi connectivity index (χ0v) is 16.2. The fourth-order valence-corrected chi connectivity index (χ4v) is 4.49. The summed E-state index contributed by atoms with van der Waals surface area (Å²) < 4.78 is 20.3. The molecular formula is C18H24O12. The first-order valence-electron chi connectivity index (χ1n) is 9.48. The molecule has 12 heteroatoms. The van der Waals surface area contributed by atoms with Crippen LogP contribution < -0.4 is 0 Å². The molecule has 4 aliphatic heterocycles. The molecule has 4 bridgehead atoms. The normalized spacial score (nSPS) is 42.9. The maximum atomic E-state index is 10.8. The van der Waals surface area contributed by atoms with E-state index < -0.39 is 84.5 Å². The SMILES string of the molecule is CC(=O)OC1C2CC(C(=O)O)[C@H](O2)[C@H]1O.CC(=O)O[C@H]1C(O)C2CC(C(=O)O)[C@@H]1O2. The lowest BCUT2D eigenvalue weighted by atomic mass is 9.85. The van der Waals surface area contributed by atoms with Crippen LogP contribution in [0.4, 0.5) is 0 Å². The average Bonchev–Trinajstić information content (AvgIpc) is 3.38. The van der Waals surface area contributed by atoms with Gasteiger partial charge in [-0.2, -0.15) is 0 Å². The van der Waals surface area contributed by atoms with Crippen molar-refractivity contribution in [3.63, 3.8) is 0 Å². The summed E-state index contributed by atoms with van der Waals surface area (Å²) in [5.74, 6) is -4.39. The molecule has 4 saturated heterocycles. The molecule has 4 aliphatic rings. The predicted octanol–water partition coefficient (Wildman–Crippen LogP) is -1.70. The van der Waals surface area contributed by atoms with E-state index >= 15 is 0 Å². The Hall–Kier alpha value is -2.28. The summed E-state index contributed by atoms with van der Waals surface area (Å²) >= 11 is 0. The number of hydrogen-bond acceptors (Lipinski definition) is 10. The third-order valence-electron chi connectivity index (χ3n) is 5.75. The van der Waals surface area contributed by atoms with Gasteiger partial charge in [0.1, 0.15) is 24.4 Å². The fraction of sp³-hybridized carbons (Fsp3) is 0.778. The first kappa shape index (κ1) is 22.4. The van der Waals surface area contributed by atoms with Crippen LogP contribution in [0.3, 0.4) is 0 Å². The molecular weight excluding hydrogens is 408 g/mol. The fourth-order valence-electron chi connectivity index (χ4n) is 4.49. The van der Waals surface area contributed by atoms with Gasteiger partial charge in [0.15, 0.2) is 12.2 Å². The summed E-state index contributed by atoms with van der Waals surface area (Å²) in [5.41, 5.74) is 0. The minimum atomic E-state index is -1.03. The predicted molar refractivity (Wildman–Crippen MR) is 91.9 cm³/mol. The van der Waals surface area contributed by atoms with E-state index in [-0.39, 0.29) is 12.8 Å². The van der Waals surface area contributed by atoms with Crippen molar-refractivity contribution in [3.05, 3.63) is 0 Å². The highest BCUT2D eigenvalue weighted by atomic mass is 16.6. The number of esters is 2. The number of carbonyl (C=O) groups excluding carboxylic acids is 2. The molecule has 4 N–H and O–H groups in total. The van der Waals surface area contributed by atoms with Crippen LogP contribution >= 0.6 is 0 Å². The van der Waals surface area contributed by atoms with Crippen LogP contribution in [0.5, 0.6) is 0 Å². The quantitative estimate of drug-likeness (QED) is 0.370. The van der Waals surface area contributed by atoms with E-state index in [4.69, 9.17) is 29.2 Å². The van der Waals surface area contributed by atoms with Gasteiger partial charge >= 0.3 is 23.9 Å². The third kappa shape index (κ3) is 4.13. The number of carboxylic acid groups (broad SMARTS) is 2. The van der Waals surface area contributed by atoms with Crippen molar-refractivity contribution in [2.24, 2.45) is 11.8 Å². The summed E-state index contributed by atoms with van der Waals surface area (Å²) in [4.78, 5) is 43.1. The summed E-state index contributed by atoms with van der Waals surface area (Å²) in [6.45, 7) is 2.46. The molecule has 0 saturated carbocycles. The van der Waals surface area contributed by atoms with Crippen molar-refractivity contribution in [1.82, 2.24) is 0 Å². The van der Waals surface area contributed by atoms with Gasteiger partial charge in [0, 0.05) is 13.8 Å². The van der Waals surface area contributed by atoms with E-state index in [1.54, 1.807) is 0 Å². The van der Waals surface area contributed by atoms with E-state index in [1.807, 2.05) is 0 Å².